The topological polar surface area (TPSA) is 150 Å². The number of fused-ring (bicyclic) bond motifs is 1. The third-order valence-electron chi connectivity index (χ3n) is 8.64. The Hall–Kier alpha value is -4.37. The van der Waals surface area contributed by atoms with Gasteiger partial charge in [-0.3, -0.25) is 19.3 Å². The lowest BCUT2D eigenvalue weighted by Crippen LogP contribution is -2.32. The molecule has 5 rings (SSSR count). The molecule has 2 aliphatic carbocycles. The average Bonchev–Trinajstić information content (AvgIpc) is 3.45. The number of Topliss-reactive ketones (excluding diaryl/α,β-unsaturated/α-hetero) is 2. The predicted octanol–water partition coefficient (Wildman–Crippen LogP) is 4.68. The zero-order valence-corrected chi connectivity index (χ0v) is 23.7. The first-order valence-electron chi connectivity index (χ1n) is 14.2. The Labute approximate surface area is 244 Å². The number of aliphatic hydroxyl groups excluding tert-OH is 2. The molecule has 5 N–H and O–H groups in total. The number of methoxy groups -OCH3 is 1. The molecule has 2 aromatic carbocycles. The number of primary amides is 1. The zero-order valence-electron chi connectivity index (χ0n) is 23.7. The van der Waals surface area contributed by atoms with E-state index in [-0.39, 0.29) is 59.7 Å². The van der Waals surface area contributed by atoms with E-state index in [9.17, 15) is 29.7 Å². The van der Waals surface area contributed by atoms with Crippen LogP contribution in [0.2, 0.25) is 0 Å². The number of benzene rings is 2. The maximum atomic E-state index is 13.9. The second-order valence-electron chi connectivity index (χ2n) is 11.4. The van der Waals surface area contributed by atoms with E-state index in [1.165, 1.54) is 25.0 Å². The first-order valence-corrected chi connectivity index (χ1v) is 14.2. The minimum absolute atomic E-state index is 0.0265. The smallest absolute Gasteiger partial charge is 0.255 e. The Balaban J connectivity index is 1.57. The van der Waals surface area contributed by atoms with Crippen LogP contribution in [0.25, 0.3) is 11.1 Å². The highest BCUT2D eigenvalue weighted by Crippen LogP contribution is 2.46. The van der Waals surface area contributed by atoms with Crippen LogP contribution < -0.4 is 10.5 Å². The first-order chi connectivity index (χ1) is 20.1. The number of nitrogens with two attached hydrogens (primary N) is 1. The van der Waals surface area contributed by atoms with Gasteiger partial charge >= 0.3 is 0 Å². The van der Waals surface area contributed by atoms with Gasteiger partial charge in [-0.2, -0.15) is 0 Å². The molecule has 9 heteroatoms. The summed E-state index contributed by atoms with van der Waals surface area (Å²) in [6, 6.07) is 9.26. The number of amides is 1. The quantitative estimate of drug-likeness (QED) is 0.202. The third-order valence-corrected chi connectivity index (χ3v) is 8.64. The van der Waals surface area contributed by atoms with Gasteiger partial charge in [-0.1, -0.05) is 18.7 Å². The van der Waals surface area contributed by atoms with Crippen molar-refractivity contribution in [2.24, 2.45) is 17.6 Å². The molecule has 0 aromatic heterocycles. The number of carbonyl (C=O) groups is 3. The Morgan fingerprint density at radius 3 is 2.48 bits per heavy atom. The average molecular weight is 573 g/mol. The molecule has 2 aromatic rings. The second-order valence-corrected chi connectivity index (χ2v) is 11.4. The fourth-order valence-electron chi connectivity index (χ4n) is 6.74. The lowest BCUT2D eigenvalue weighted by Gasteiger charge is -2.33. The number of nitrogens with zero attached hydrogens (tertiary/aromatic N) is 1. The van der Waals surface area contributed by atoms with Gasteiger partial charge in [0.2, 0.25) is 0 Å². The fourth-order valence-corrected chi connectivity index (χ4v) is 6.74. The van der Waals surface area contributed by atoms with Crippen LogP contribution in [-0.4, -0.2) is 57.9 Å². The molecule has 9 nitrogen and oxygen atoms in total. The number of phenols is 1. The van der Waals surface area contributed by atoms with Gasteiger partial charge in [0, 0.05) is 30.5 Å². The normalized spacial score (nSPS) is 22.2. The van der Waals surface area contributed by atoms with E-state index in [0.29, 0.717) is 11.3 Å². The monoisotopic (exact) mass is 572 g/mol. The van der Waals surface area contributed by atoms with Gasteiger partial charge in [0.15, 0.2) is 11.6 Å². The van der Waals surface area contributed by atoms with Gasteiger partial charge in [-0.15, -0.1) is 0 Å². The molecular weight excluding hydrogens is 536 g/mol. The molecule has 42 heavy (non-hydrogen) atoms. The maximum absolute atomic E-state index is 13.9. The molecule has 2 atom stereocenters. The van der Waals surface area contributed by atoms with Gasteiger partial charge in [-0.25, -0.2) is 0 Å². The molecule has 220 valence electrons. The van der Waals surface area contributed by atoms with Crippen LogP contribution >= 0.6 is 0 Å². The number of rotatable bonds is 8. The molecule has 1 aliphatic heterocycles. The van der Waals surface area contributed by atoms with E-state index in [1.54, 1.807) is 13.2 Å². The van der Waals surface area contributed by atoms with Crippen LogP contribution in [0.5, 0.6) is 11.5 Å². The number of ether oxygens (including phenoxy) is 1. The number of aromatic hydroxyl groups is 1. The summed E-state index contributed by atoms with van der Waals surface area (Å²) in [7, 11) is 1.59. The molecule has 1 fully saturated rings. The first kappa shape index (κ1) is 29.1. The number of ketones is 2. The molecule has 1 heterocycles. The van der Waals surface area contributed by atoms with Crippen molar-refractivity contribution < 1.29 is 34.4 Å². The van der Waals surface area contributed by atoms with E-state index >= 15 is 0 Å². The van der Waals surface area contributed by atoms with E-state index in [2.05, 4.69) is 17.5 Å². The molecule has 0 radical (unpaired) electrons. The van der Waals surface area contributed by atoms with Crippen LogP contribution in [0.1, 0.15) is 53.6 Å². The largest absolute Gasteiger partial charge is 0.511 e. The zero-order chi connectivity index (χ0) is 30.1. The van der Waals surface area contributed by atoms with Crippen molar-refractivity contribution in [3.8, 4) is 22.6 Å². The van der Waals surface area contributed by atoms with E-state index in [4.69, 9.17) is 10.5 Å². The fraction of sp³-hybridized carbons (Fsp3) is 0.364. The number of likely N-dealkylation sites (tertiary alicyclic amines) is 1. The van der Waals surface area contributed by atoms with Crippen molar-refractivity contribution >= 4 is 17.5 Å². The van der Waals surface area contributed by atoms with Crippen LogP contribution in [0.15, 0.2) is 65.7 Å². The lowest BCUT2D eigenvalue weighted by molar-refractivity contribution is -0.122. The Morgan fingerprint density at radius 2 is 1.83 bits per heavy atom. The van der Waals surface area contributed by atoms with Gasteiger partial charge in [-0.05, 0) is 91.6 Å². The van der Waals surface area contributed by atoms with Gasteiger partial charge in [0.25, 0.3) is 5.91 Å². The number of hydrogen-bond donors (Lipinski definition) is 4. The summed E-state index contributed by atoms with van der Waals surface area (Å²) < 4.78 is 5.72. The molecule has 0 bridgehead atoms. The summed E-state index contributed by atoms with van der Waals surface area (Å²) in [5.41, 5.74) is 8.34. The summed E-state index contributed by atoms with van der Waals surface area (Å²) in [6.07, 6.45) is 4.09. The minimum atomic E-state index is -0.969. The lowest BCUT2D eigenvalue weighted by atomic mass is 9.70. The number of aliphatic hydroxyl groups is 2. The third kappa shape index (κ3) is 5.44. The summed E-state index contributed by atoms with van der Waals surface area (Å²) in [4.78, 5) is 40.6. The van der Waals surface area contributed by atoms with E-state index in [0.717, 1.165) is 36.3 Å². The molecule has 2 unspecified atom stereocenters. The van der Waals surface area contributed by atoms with Crippen molar-refractivity contribution in [1.29, 1.82) is 0 Å². The van der Waals surface area contributed by atoms with Crippen LogP contribution in [0.3, 0.4) is 0 Å². The maximum Gasteiger partial charge on any atom is 0.255 e. The van der Waals surface area contributed by atoms with Crippen LogP contribution in [0.4, 0.5) is 0 Å². The Bertz CT molecular complexity index is 1530. The van der Waals surface area contributed by atoms with Gasteiger partial charge < -0.3 is 25.8 Å². The second kappa shape index (κ2) is 11.9. The Morgan fingerprint density at radius 1 is 1.10 bits per heavy atom. The van der Waals surface area contributed by atoms with Gasteiger partial charge in [0.05, 0.1) is 12.7 Å². The minimum Gasteiger partial charge on any atom is -0.511 e. The Kier molecular flexibility index (Phi) is 8.22. The predicted molar refractivity (Wildman–Crippen MR) is 157 cm³/mol. The molecule has 1 saturated heterocycles. The molecule has 0 spiro atoms. The molecule has 3 aliphatic rings. The van der Waals surface area contributed by atoms with Gasteiger partial charge in [0.1, 0.15) is 28.6 Å². The highest BCUT2D eigenvalue weighted by Gasteiger charge is 2.39. The summed E-state index contributed by atoms with van der Waals surface area (Å²) >= 11 is 0. The summed E-state index contributed by atoms with van der Waals surface area (Å²) in [6.45, 7) is 6.51. The number of carbonyl (C=O) groups excluding carboxylic acids is 3. The number of hydrogen-bond acceptors (Lipinski definition) is 8. The number of allylic oxidation sites excluding steroid dienone is 3. The highest BCUT2D eigenvalue weighted by atomic mass is 16.5. The van der Waals surface area contributed by atoms with Crippen molar-refractivity contribution in [2.75, 3.05) is 20.2 Å². The van der Waals surface area contributed by atoms with Crippen molar-refractivity contribution in [2.45, 2.75) is 45.1 Å². The highest BCUT2D eigenvalue weighted by molar-refractivity contribution is 6.19. The van der Waals surface area contributed by atoms with Crippen molar-refractivity contribution in [3.05, 3.63) is 82.3 Å². The van der Waals surface area contributed by atoms with E-state index < -0.39 is 29.3 Å². The van der Waals surface area contributed by atoms with Crippen LogP contribution in [0, 0.1) is 11.8 Å². The van der Waals surface area contributed by atoms with Crippen LogP contribution in [-0.2, 0) is 22.6 Å². The number of phenolic OH excluding ortho intramolecular Hbond substituents is 1. The summed E-state index contributed by atoms with van der Waals surface area (Å²) in [5, 5.41) is 32.1. The molecule has 1 amide bonds. The SMILES string of the molecule is C=C/C(O)=C1/C(=O)c2c(O)ccc(-c3cc(CN4CCCC4)ccc3OC)c2CC1CC1CC(=O)C(C(N)=O)=C(O)C1. The summed E-state index contributed by atoms with van der Waals surface area (Å²) in [5.74, 6) is -3.22. The van der Waals surface area contributed by atoms with Crippen molar-refractivity contribution in [1.82, 2.24) is 4.90 Å². The standard InChI is InChI=1S/C33H36N2O7/c1-3-24(36)29-20(12-19-14-26(38)31(33(34)41)27(39)15-19)16-23-21(7-8-25(37)30(23)32(29)40)22-13-18(6-9-28(22)42-2)17-35-10-4-5-11-35/h3,6-9,13,19-20,36-38H,1,4-5,10-12,14-17H2,2H3,(H2,34,41)/b29-24-. The van der Waals surface area contributed by atoms with Crippen molar-refractivity contribution in [3.63, 3.8) is 0 Å². The molecular formula is C33H36N2O7. The molecule has 0 saturated carbocycles. The van der Waals surface area contributed by atoms with E-state index in [1.807, 2.05) is 12.1 Å².